The Morgan fingerprint density at radius 3 is 2.33 bits per heavy atom. The van der Waals surface area contributed by atoms with E-state index in [9.17, 15) is 14.4 Å². The van der Waals surface area contributed by atoms with E-state index < -0.39 is 29.7 Å². The Morgan fingerprint density at radius 2 is 1.74 bits per heavy atom. The maximum atomic E-state index is 14.1. The minimum absolute atomic E-state index is 0.0348. The molecule has 3 amide bonds. The third kappa shape index (κ3) is 9.46. The van der Waals surface area contributed by atoms with Gasteiger partial charge in [0.25, 0.3) is 5.91 Å². The van der Waals surface area contributed by atoms with Crippen LogP contribution in [0.2, 0.25) is 5.02 Å². The van der Waals surface area contributed by atoms with E-state index in [1.807, 2.05) is 51.1 Å². The molecule has 0 heterocycles. The fraction of sp³-hybridized carbons (Fsp3) is 0.500. The minimum Gasteiger partial charge on any atom is -0.444 e. The first-order chi connectivity index (χ1) is 18.3. The van der Waals surface area contributed by atoms with Gasteiger partial charge in [0.05, 0.1) is 10.7 Å². The lowest BCUT2D eigenvalue weighted by molar-refractivity contribution is -0.140. The summed E-state index contributed by atoms with van der Waals surface area (Å²) in [5.74, 6) is -0.767. The number of hydrogen-bond acceptors (Lipinski definition) is 5. The second-order valence-electron chi connectivity index (χ2n) is 10.8. The lowest BCUT2D eigenvalue weighted by Gasteiger charge is -2.35. The first-order valence-electron chi connectivity index (χ1n) is 13.3. The zero-order chi connectivity index (χ0) is 29.3. The van der Waals surface area contributed by atoms with Crippen molar-refractivity contribution >= 4 is 47.8 Å². The van der Waals surface area contributed by atoms with Crippen LogP contribution in [0.5, 0.6) is 0 Å². The highest BCUT2D eigenvalue weighted by Gasteiger charge is 2.36. The van der Waals surface area contributed by atoms with Gasteiger partial charge in [-0.25, -0.2) is 4.79 Å². The van der Waals surface area contributed by atoms with Crippen LogP contribution in [0.1, 0.15) is 75.3 Å². The van der Waals surface area contributed by atoms with E-state index in [-0.39, 0.29) is 11.7 Å². The molecule has 0 aliphatic carbocycles. The van der Waals surface area contributed by atoms with E-state index in [1.54, 1.807) is 31.7 Å². The summed E-state index contributed by atoms with van der Waals surface area (Å²) in [6.45, 7) is 13.4. The van der Waals surface area contributed by atoms with Crippen LogP contribution in [0.4, 0.5) is 10.5 Å². The Kier molecular flexibility index (Phi) is 12.2. The number of para-hydroxylation sites is 1. The van der Waals surface area contributed by atoms with Gasteiger partial charge in [-0.05, 0) is 70.7 Å². The van der Waals surface area contributed by atoms with Gasteiger partial charge in [0.2, 0.25) is 5.91 Å². The number of amides is 3. The summed E-state index contributed by atoms with van der Waals surface area (Å²) in [5.41, 5.74) is 3.10. The van der Waals surface area contributed by atoms with E-state index in [2.05, 4.69) is 30.2 Å². The summed E-state index contributed by atoms with van der Waals surface area (Å²) in [4.78, 5) is 42.3. The molecule has 9 heteroatoms. The van der Waals surface area contributed by atoms with Crippen LogP contribution in [-0.4, -0.2) is 46.7 Å². The summed E-state index contributed by atoms with van der Waals surface area (Å²) in [6, 6.07) is 9.26. The van der Waals surface area contributed by atoms with E-state index in [0.29, 0.717) is 29.2 Å². The van der Waals surface area contributed by atoms with Crippen LogP contribution in [0.25, 0.3) is 0 Å². The average molecular weight is 576 g/mol. The molecule has 7 nitrogen and oxygen atoms in total. The second-order valence-corrected chi connectivity index (χ2v) is 11.6. The third-order valence-electron chi connectivity index (χ3n) is 6.22. The number of anilines is 1. The van der Waals surface area contributed by atoms with Gasteiger partial charge in [0.15, 0.2) is 0 Å². The molecule has 214 valence electrons. The van der Waals surface area contributed by atoms with Crippen molar-refractivity contribution in [3.05, 3.63) is 63.7 Å². The smallest absolute Gasteiger partial charge is 0.408 e. The Hall–Kier alpha value is -2.71. The molecule has 2 unspecified atom stereocenters. The molecule has 2 rings (SSSR count). The molecular formula is C30H42ClN3O4S. The number of carbonyl (C=O) groups is 3. The lowest BCUT2D eigenvalue weighted by Crippen LogP contribution is -2.53. The zero-order valence-electron chi connectivity index (χ0n) is 24.1. The molecule has 0 saturated heterocycles. The SMILES string of the molecule is CCCCCN(C(=O)C(CS)NC(=O)OC(C)(C)C)C(C(=O)Nc1c(C)cccc1Cl)c1cc(C)ccc1C. The largest absolute Gasteiger partial charge is 0.444 e. The van der Waals surface area contributed by atoms with Gasteiger partial charge in [-0.1, -0.05) is 67.3 Å². The molecule has 0 fully saturated rings. The standard InChI is InChI=1S/C30H42ClN3O4S/c1-8-9-10-16-34(28(36)24(18-39)32-29(37)38-30(5,6)7)26(22-17-19(2)14-15-20(22)3)27(35)33-25-21(4)12-11-13-23(25)31/h11-15,17,24,26,39H,8-10,16,18H2,1-7H3,(H,32,37)(H,33,35). The predicted octanol–water partition coefficient (Wildman–Crippen LogP) is 6.79. The highest BCUT2D eigenvalue weighted by Crippen LogP contribution is 2.31. The monoisotopic (exact) mass is 575 g/mol. The average Bonchev–Trinajstić information content (AvgIpc) is 2.84. The topological polar surface area (TPSA) is 87.7 Å². The molecular weight excluding hydrogens is 534 g/mol. The fourth-order valence-corrected chi connectivity index (χ4v) is 4.74. The molecule has 2 atom stereocenters. The van der Waals surface area contributed by atoms with Crippen LogP contribution < -0.4 is 10.6 Å². The summed E-state index contributed by atoms with van der Waals surface area (Å²) < 4.78 is 5.38. The molecule has 2 aromatic rings. The van der Waals surface area contributed by atoms with Crippen LogP contribution in [0.3, 0.4) is 0 Å². The molecule has 0 bridgehead atoms. The molecule has 2 aromatic carbocycles. The number of thiol groups is 1. The third-order valence-corrected chi connectivity index (χ3v) is 6.90. The number of aryl methyl sites for hydroxylation is 3. The van der Waals surface area contributed by atoms with Gasteiger partial charge in [-0.2, -0.15) is 12.6 Å². The number of alkyl carbamates (subject to hydrolysis) is 1. The summed E-state index contributed by atoms with van der Waals surface area (Å²) in [7, 11) is 0. The predicted molar refractivity (Wildman–Crippen MR) is 162 cm³/mol. The maximum absolute atomic E-state index is 14.1. The Morgan fingerprint density at radius 1 is 1.05 bits per heavy atom. The number of ether oxygens (including phenoxy) is 1. The Balaban J connectivity index is 2.58. The number of rotatable bonds is 11. The number of nitrogens with zero attached hydrogens (tertiary/aromatic N) is 1. The second kappa shape index (κ2) is 14.6. The van der Waals surface area contributed by atoms with Crippen molar-refractivity contribution in [1.82, 2.24) is 10.2 Å². The van der Waals surface area contributed by atoms with E-state index in [0.717, 1.165) is 29.5 Å². The van der Waals surface area contributed by atoms with Gasteiger partial charge < -0.3 is 20.3 Å². The minimum atomic E-state index is -0.993. The van der Waals surface area contributed by atoms with Crippen molar-refractivity contribution in [3.63, 3.8) is 0 Å². The highest BCUT2D eigenvalue weighted by atomic mass is 35.5. The maximum Gasteiger partial charge on any atom is 0.408 e. The summed E-state index contributed by atoms with van der Waals surface area (Å²) in [6.07, 6.45) is 1.78. The van der Waals surface area contributed by atoms with Crippen molar-refractivity contribution in [3.8, 4) is 0 Å². The van der Waals surface area contributed by atoms with Crippen LogP contribution in [-0.2, 0) is 14.3 Å². The number of benzene rings is 2. The first kappa shape index (κ1) is 32.5. The summed E-state index contributed by atoms with van der Waals surface area (Å²) in [5, 5.41) is 6.04. The van der Waals surface area contributed by atoms with Crippen molar-refractivity contribution in [2.24, 2.45) is 0 Å². The van der Waals surface area contributed by atoms with Gasteiger partial charge in [0.1, 0.15) is 17.7 Å². The van der Waals surface area contributed by atoms with Gasteiger partial charge >= 0.3 is 6.09 Å². The molecule has 0 saturated carbocycles. The van der Waals surface area contributed by atoms with Crippen molar-refractivity contribution in [1.29, 1.82) is 0 Å². The number of hydrogen-bond donors (Lipinski definition) is 3. The number of nitrogens with one attached hydrogen (secondary N) is 2. The fourth-order valence-electron chi connectivity index (χ4n) is 4.22. The molecule has 39 heavy (non-hydrogen) atoms. The van der Waals surface area contributed by atoms with Crippen LogP contribution in [0.15, 0.2) is 36.4 Å². The van der Waals surface area contributed by atoms with E-state index in [4.69, 9.17) is 16.3 Å². The van der Waals surface area contributed by atoms with Gasteiger partial charge in [0, 0.05) is 12.3 Å². The number of unbranched alkanes of at least 4 members (excludes halogenated alkanes) is 2. The molecule has 0 aromatic heterocycles. The Labute approximate surface area is 243 Å². The highest BCUT2D eigenvalue weighted by molar-refractivity contribution is 7.80. The van der Waals surface area contributed by atoms with Crippen LogP contribution in [0, 0.1) is 20.8 Å². The molecule has 0 radical (unpaired) electrons. The molecule has 2 N–H and O–H groups in total. The lowest BCUT2D eigenvalue weighted by atomic mass is 9.95. The van der Waals surface area contributed by atoms with Crippen molar-refractivity contribution in [2.45, 2.75) is 85.4 Å². The zero-order valence-corrected chi connectivity index (χ0v) is 25.7. The molecule has 0 spiro atoms. The van der Waals surface area contributed by atoms with Crippen LogP contribution >= 0.6 is 24.2 Å². The van der Waals surface area contributed by atoms with Gasteiger partial charge in [-0.3, -0.25) is 9.59 Å². The van der Waals surface area contributed by atoms with Gasteiger partial charge in [-0.15, -0.1) is 0 Å². The first-order valence-corrected chi connectivity index (χ1v) is 14.3. The van der Waals surface area contributed by atoms with Crippen molar-refractivity contribution < 1.29 is 19.1 Å². The molecule has 0 aliphatic heterocycles. The number of carbonyl (C=O) groups excluding carboxylic acids is 3. The van der Waals surface area contributed by atoms with E-state index in [1.165, 1.54) is 0 Å². The number of halogens is 1. The summed E-state index contributed by atoms with van der Waals surface area (Å²) >= 11 is 10.8. The van der Waals surface area contributed by atoms with Crippen molar-refractivity contribution in [2.75, 3.05) is 17.6 Å². The Bertz CT molecular complexity index is 1150. The normalized spacial score (nSPS) is 12.8. The molecule has 0 aliphatic rings. The quantitative estimate of drug-likeness (QED) is 0.203. The van der Waals surface area contributed by atoms with E-state index >= 15 is 0 Å².